The standard InChI is InChI=1S/C32H26BrFN2O3/c1-2-28(39-30-18-14-23-8-4-6-10-26(23)31(30)33)32(37)36-35-19-27-25-9-5-3-7-22(25)13-17-29(27)38-20-21-11-15-24(34)16-12-21/h3-19,28H,2,20H2,1H3,(H,36,37)/b35-19-/t28-/m1/s1. The summed E-state index contributed by atoms with van der Waals surface area (Å²) in [5.74, 6) is 0.530. The minimum atomic E-state index is -0.735. The monoisotopic (exact) mass is 584 g/mol. The van der Waals surface area contributed by atoms with Crippen molar-refractivity contribution in [3.05, 3.63) is 118 Å². The number of rotatable bonds is 9. The predicted octanol–water partition coefficient (Wildman–Crippen LogP) is 7.78. The maximum Gasteiger partial charge on any atom is 0.281 e. The third-order valence-corrected chi connectivity index (χ3v) is 7.18. The van der Waals surface area contributed by atoms with Crippen molar-refractivity contribution >= 4 is 49.6 Å². The summed E-state index contributed by atoms with van der Waals surface area (Å²) in [5.41, 5.74) is 4.18. The van der Waals surface area contributed by atoms with Gasteiger partial charge in [0.05, 0.1) is 10.7 Å². The molecule has 5 rings (SSSR count). The van der Waals surface area contributed by atoms with Gasteiger partial charge in [-0.3, -0.25) is 4.79 Å². The van der Waals surface area contributed by atoms with Crippen LogP contribution in [-0.2, 0) is 11.4 Å². The molecule has 0 saturated heterocycles. The van der Waals surface area contributed by atoms with Crippen LogP contribution in [0, 0.1) is 5.82 Å². The summed E-state index contributed by atoms with van der Waals surface area (Å²) in [7, 11) is 0. The molecule has 0 heterocycles. The lowest BCUT2D eigenvalue weighted by Gasteiger charge is -2.17. The van der Waals surface area contributed by atoms with Gasteiger partial charge in [0.1, 0.15) is 23.9 Å². The van der Waals surface area contributed by atoms with E-state index in [2.05, 4.69) is 26.5 Å². The van der Waals surface area contributed by atoms with Crippen LogP contribution >= 0.6 is 15.9 Å². The van der Waals surface area contributed by atoms with Gasteiger partial charge in [0.2, 0.25) is 0 Å². The highest BCUT2D eigenvalue weighted by Gasteiger charge is 2.20. The topological polar surface area (TPSA) is 59.9 Å². The first kappa shape index (κ1) is 26.4. The SMILES string of the molecule is CC[C@@H](Oc1ccc2ccccc2c1Br)C(=O)N/N=C\c1c(OCc2ccc(F)cc2)ccc2ccccc12. The number of hydrazone groups is 1. The van der Waals surface area contributed by atoms with E-state index in [0.29, 0.717) is 17.9 Å². The Balaban J connectivity index is 1.33. The minimum absolute atomic E-state index is 0.262. The highest BCUT2D eigenvalue weighted by Crippen LogP contribution is 2.34. The third kappa shape index (κ3) is 6.10. The van der Waals surface area contributed by atoms with Crippen LogP contribution in [0.4, 0.5) is 4.39 Å². The summed E-state index contributed by atoms with van der Waals surface area (Å²) in [6.07, 6.45) is 1.31. The lowest BCUT2D eigenvalue weighted by molar-refractivity contribution is -0.128. The quantitative estimate of drug-likeness (QED) is 0.142. The van der Waals surface area contributed by atoms with Gasteiger partial charge < -0.3 is 9.47 Å². The molecule has 0 saturated carbocycles. The molecule has 0 unspecified atom stereocenters. The van der Waals surface area contributed by atoms with Crippen molar-refractivity contribution in [3.63, 3.8) is 0 Å². The van der Waals surface area contributed by atoms with Gasteiger partial charge in [-0.15, -0.1) is 0 Å². The second kappa shape index (κ2) is 12.1. The number of nitrogens with zero attached hydrogens (tertiary/aromatic N) is 1. The van der Waals surface area contributed by atoms with E-state index in [4.69, 9.17) is 9.47 Å². The van der Waals surface area contributed by atoms with Gasteiger partial charge in [0.25, 0.3) is 5.91 Å². The van der Waals surface area contributed by atoms with Crippen LogP contribution in [0.5, 0.6) is 11.5 Å². The number of benzene rings is 5. The fraction of sp³-hybridized carbons (Fsp3) is 0.125. The van der Waals surface area contributed by atoms with Crippen LogP contribution in [0.25, 0.3) is 21.5 Å². The Bertz CT molecular complexity index is 1650. The normalized spacial score (nSPS) is 12.1. The van der Waals surface area contributed by atoms with Gasteiger partial charge in [-0.2, -0.15) is 5.10 Å². The summed E-state index contributed by atoms with van der Waals surface area (Å²) in [5, 5.41) is 8.27. The van der Waals surface area contributed by atoms with Crippen LogP contribution in [0.15, 0.2) is 107 Å². The molecular weight excluding hydrogens is 559 g/mol. The van der Waals surface area contributed by atoms with E-state index in [1.165, 1.54) is 12.1 Å². The molecule has 5 nitrogen and oxygen atoms in total. The first-order valence-corrected chi connectivity index (χ1v) is 13.4. The Labute approximate surface area is 234 Å². The third-order valence-electron chi connectivity index (χ3n) is 6.37. The van der Waals surface area contributed by atoms with Crippen molar-refractivity contribution in [1.82, 2.24) is 5.43 Å². The van der Waals surface area contributed by atoms with Crippen LogP contribution in [0.1, 0.15) is 24.5 Å². The Morgan fingerprint density at radius 1 is 0.897 bits per heavy atom. The fourth-order valence-corrected chi connectivity index (χ4v) is 4.88. The molecule has 0 fully saturated rings. The van der Waals surface area contributed by atoms with E-state index >= 15 is 0 Å². The second-order valence-corrected chi connectivity index (χ2v) is 9.75. The van der Waals surface area contributed by atoms with Crippen molar-refractivity contribution in [2.75, 3.05) is 0 Å². The summed E-state index contributed by atoms with van der Waals surface area (Å²) in [4.78, 5) is 13.0. The molecule has 0 bridgehead atoms. The minimum Gasteiger partial charge on any atom is -0.488 e. The number of carbonyl (C=O) groups excluding carboxylic acids is 1. The molecule has 0 aliphatic carbocycles. The first-order chi connectivity index (χ1) is 19.0. The van der Waals surface area contributed by atoms with Crippen LogP contribution in [0.2, 0.25) is 0 Å². The Morgan fingerprint density at radius 3 is 2.26 bits per heavy atom. The zero-order valence-corrected chi connectivity index (χ0v) is 22.8. The van der Waals surface area contributed by atoms with Crippen LogP contribution in [0.3, 0.4) is 0 Å². The molecule has 196 valence electrons. The molecule has 5 aromatic rings. The Kier molecular flexibility index (Phi) is 8.18. The number of carbonyl (C=O) groups is 1. The van der Waals surface area contributed by atoms with Gasteiger partial charge in [0.15, 0.2) is 6.10 Å². The van der Waals surface area contributed by atoms with E-state index in [1.54, 1.807) is 18.3 Å². The number of ether oxygens (including phenoxy) is 2. The predicted molar refractivity (Wildman–Crippen MR) is 157 cm³/mol. The maximum absolute atomic E-state index is 13.3. The number of nitrogens with one attached hydrogen (secondary N) is 1. The maximum atomic E-state index is 13.3. The first-order valence-electron chi connectivity index (χ1n) is 12.6. The molecule has 1 atom stereocenters. The molecular formula is C32H26BrFN2O3. The van der Waals surface area contributed by atoms with E-state index in [-0.39, 0.29) is 18.3 Å². The highest BCUT2D eigenvalue weighted by atomic mass is 79.9. The van der Waals surface area contributed by atoms with E-state index in [9.17, 15) is 9.18 Å². The van der Waals surface area contributed by atoms with E-state index in [1.807, 2.05) is 79.7 Å². The second-order valence-electron chi connectivity index (χ2n) is 8.96. The molecule has 0 aromatic heterocycles. The average Bonchev–Trinajstić information content (AvgIpc) is 2.97. The Morgan fingerprint density at radius 2 is 1.54 bits per heavy atom. The molecule has 39 heavy (non-hydrogen) atoms. The molecule has 7 heteroatoms. The van der Waals surface area contributed by atoms with Crippen molar-refractivity contribution in [2.45, 2.75) is 26.1 Å². The van der Waals surface area contributed by atoms with E-state index < -0.39 is 6.10 Å². The summed E-state index contributed by atoms with van der Waals surface area (Å²) >= 11 is 3.62. The van der Waals surface area contributed by atoms with Gasteiger partial charge in [-0.05, 0) is 73.7 Å². The summed E-state index contributed by atoms with van der Waals surface area (Å²) in [6, 6.07) is 29.6. The number of hydrogen-bond acceptors (Lipinski definition) is 4. The molecule has 0 spiro atoms. The van der Waals surface area contributed by atoms with Gasteiger partial charge in [-0.1, -0.05) is 79.7 Å². The van der Waals surface area contributed by atoms with Crippen molar-refractivity contribution in [3.8, 4) is 11.5 Å². The zero-order valence-electron chi connectivity index (χ0n) is 21.2. The zero-order chi connectivity index (χ0) is 27.2. The smallest absolute Gasteiger partial charge is 0.281 e. The van der Waals surface area contributed by atoms with Crippen LogP contribution in [-0.4, -0.2) is 18.2 Å². The number of halogens is 2. The number of hydrogen-bond donors (Lipinski definition) is 1. The molecule has 0 radical (unpaired) electrons. The molecule has 1 amide bonds. The molecule has 0 aliphatic rings. The largest absolute Gasteiger partial charge is 0.488 e. The van der Waals surface area contributed by atoms with Crippen molar-refractivity contribution in [2.24, 2.45) is 5.10 Å². The highest BCUT2D eigenvalue weighted by molar-refractivity contribution is 9.10. The summed E-state index contributed by atoms with van der Waals surface area (Å²) in [6.45, 7) is 2.15. The molecule has 1 N–H and O–H groups in total. The summed E-state index contributed by atoms with van der Waals surface area (Å²) < 4.78 is 26.2. The average molecular weight is 585 g/mol. The number of fused-ring (bicyclic) bond motifs is 2. The van der Waals surface area contributed by atoms with Gasteiger partial charge in [0, 0.05) is 5.56 Å². The van der Waals surface area contributed by atoms with Gasteiger partial charge >= 0.3 is 0 Å². The van der Waals surface area contributed by atoms with Crippen molar-refractivity contribution in [1.29, 1.82) is 0 Å². The van der Waals surface area contributed by atoms with Gasteiger partial charge in [-0.25, -0.2) is 9.82 Å². The molecule has 5 aromatic carbocycles. The van der Waals surface area contributed by atoms with Crippen LogP contribution < -0.4 is 14.9 Å². The fourth-order valence-electron chi connectivity index (χ4n) is 4.29. The Hall–Kier alpha value is -4.23. The lowest BCUT2D eigenvalue weighted by atomic mass is 10.0. The van der Waals surface area contributed by atoms with Crippen molar-refractivity contribution < 1.29 is 18.7 Å². The van der Waals surface area contributed by atoms with E-state index in [0.717, 1.165) is 37.1 Å². The molecule has 0 aliphatic heterocycles. The lowest BCUT2D eigenvalue weighted by Crippen LogP contribution is -2.35. The number of amides is 1.